The summed E-state index contributed by atoms with van der Waals surface area (Å²) in [6.45, 7) is 0.471. The largest absolute Gasteiger partial charge is 0.441 e. The molecule has 1 N–H and O–H groups in total. The van der Waals surface area contributed by atoms with Gasteiger partial charge in [-0.3, -0.25) is 9.79 Å². The molecule has 4 heterocycles. The molecule has 1 atom stereocenters. The number of halogens is 1. The Balaban J connectivity index is 1.59. The molecule has 1 aromatic carbocycles. The van der Waals surface area contributed by atoms with Gasteiger partial charge < -0.3 is 14.3 Å². The van der Waals surface area contributed by atoms with Crippen molar-refractivity contribution in [3.63, 3.8) is 0 Å². The van der Waals surface area contributed by atoms with Crippen LogP contribution >= 0.6 is 0 Å². The Kier molecular flexibility index (Phi) is 3.24. The number of rotatable bonds is 2. The summed E-state index contributed by atoms with van der Waals surface area (Å²) in [5.74, 6) is -0.662. The van der Waals surface area contributed by atoms with E-state index in [1.165, 1.54) is 18.5 Å². The Morgan fingerprint density at radius 3 is 3.08 bits per heavy atom. The average molecular weight is 351 g/mol. The molecule has 5 rings (SSSR count). The van der Waals surface area contributed by atoms with Crippen molar-refractivity contribution in [3.8, 4) is 0 Å². The van der Waals surface area contributed by atoms with Gasteiger partial charge in [0.1, 0.15) is 23.8 Å². The summed E-state index contributed by atoms with van der Waals surface area (Å²) < 4.78 is 19.3. The fourth-order valence-corrected chi connectivity index (χ4v) is 3.65. The molecule has 26 heavy (non-hydrogen) atoms. The SMILES string of the molecule is O=C(c1ncco1)N1CCc2[nH]cnc2[C@H]1C1=Nc2c(F)cccc2C1. The second kappa shape index (κ2) is 5.62. The summed E-state index contributed by atoms with van der Waals surface area (Å²) in [5.41, 5.74) is 3.55. The van der Waals surface area contributed by atoms with Crippen molar-refractivity contribution < 1.29 is 13.6 Å². The minimum atomic E-state index is -0.476. The number of para-hydroxylation sites is 1. The number of nitrogens with one attached hydrogen (secondary N) is 1. The van der Waals surface area contributed by atoms with E-state index in [0.29, 0.717) is 30.8 Å². The number of benzene rings is 1. The maximum absolute atomic E-state index is 14.1. The molecule has 2 aromatic heterocycles. The van der Waals surface area contributed by atoms with Crippen LogP contribution < -0.4 is 0 Å². The zero-order valence-corrected chi connectivity index (χ0v) is 13.6. The predicted octanol–water partition coefficient (Wildman–Crippen LogP) is 2.61. The highest BCUT2D eigenvalue weighted by molar-refractivity contribution is 6.02. The summed E-state index contributed by atoms with van der Waals surface area (Å²) in [4.78, 5) is 30.6. The zero-order chi connectivity index (χ0) is 17.7. The van der Waals surface area contributed by atoms with Crippen LogP contribution in [0.4, 0.5) is 10.1 Å². The molecule has 0 bridgehead atoms. The van der Waals surface area contributed by atoms with E-state index in [1.807, 2.05) is 6.07 Å². The van der Waals surface area contributed by atoms with E-state index in [2.05, 4.69) is 19.9 Å². The average Bonchev–Trinajstić information content (AvgIpc) is 3.39. The third-order valence-corrected chi connectivity index (χ3v) is 4.81. The topological polar surface area (TPSA) is 87.4 Å². The van der Waals surface area contributed by atoms with Gasteiger partial charge in [-0.1, -0.05) is 12.1 Å². The zero-order valence-electron chi connectivity index (χ0n) is 13.6. The van der Waals surface area contributed by atoms with Crippen LogP contribution in [0, 0.1) is 5.82 Å². The van der Waals surface area contributed by atoms with Gasteiger partial charge in [-0.05, 0) is 11.6 Å². The molecule has 130 valence electrons. The lowest BCUT2D eigenvalue weighted by Crippen LogP contribution is -2.44. The minimum absolute atomic E-state index is 0.0243. The van der Waals surface area contributed by atoms with Crippen LogP contribution in [0.25, 0.3) is 0 Å². The molecule has 0 saturated carbocycles. The molecule has 7 nitrogen and oxygen atoms in total. The number of oxazole rings is 1. The smallest absolute Gasteiger partial charge is 0.310 e. The quantitative estimate of drug-likeness (QED) is 0.769. The van der Waals surface area contributed by atoms with Gasteiger partial charge in [-0.15, -0.1) is 0 Å². The highest BCUT2D eigenvalue weighted by Gasteiger charge is 2.39. The first kappa shape index (κ1) is 15.0. The van der Waals surface area contributed by atoms with Crippen molar-refractivity contribution in [2.24, 2.45) is 4.99 Å². The molecular formula is C18H14FN5O2. The van der Waals surface area contributed by atoms with Gasteiger partial charge in [0, 0.05) is 25.1 Å². The molecule has 0 radical (unpaired) electrons. The van der Waals surface area contributed by atoms with Gasteiger partial charge in [0.05, 0.1) is 23.9 Å². The Morgan fingerprint density at radius 2 is 2.27 bits per heavy atom. The third kappa shape index (κ3) is 2.18. The first-order chi connectivity index (χ1) is 12.7. The van der Waals surface area contributed by atoms with Crippen LogP contribution in [0.15, 0.2) is 46.4 Å². The summed E-state index contributed by atoms with van der Waals surface area (Å²) >= 11 is 0. The van der Waals surface area contributed by atoms with Gasteiger partial charge in [0.2, 0.25) is 0 Å². The molecule has 2 aliphatic rings. The minimum Gasteiger partial charge on any atom is -0.441 e. The predicted molar refractivity (Wildman–Crippen MR) is 89.8 cm³/mol. The van der Waals surface area contributed by atoms with E-state index >= 15 is 0 Å². The van der Waals surface area contributed by atoms with Crippen LogP contribution in [-0.2, 0) is 12.8 Å². The van der Waals surface area contributed by atoms with Crippen molar-refractivity contribution in [1.29, 1.82) is 0 Å². The van der Waals surface area contributed by atoms with E-state index in [0.717, 1.165) is 17.0 Å². The number of aromatic nitrogens is 3. The molecule has 0 spiro atoms. The Bertz CT molecular complexity index is 1020. The first-order valence-corrected chi connectivity index (χ1v) is 8.30. The number of imidazole rings is 1. The van der Waals surface area contributed by atoms with Crippen molar-refractivity contribution in [2.45, 2.75) is 18.9 Å². The van der Waals surface area contributed by atoms with Crippen LogP contribution in [0.2, 0.25) is 0 Å². The number of carbonyl (C=O) groups is 1. The maximum Gasteiger partial charge on any atom is 0.310 e. The van der Waals surface area contributed by atoms with Gasteiger partial charge >= 0.3 is 5.91 Å². The molecule has 0 fully saturated rings. The highest BCUT2D eigenvalue weighted by Crippen LogP contribution is 2.37. The third-order valence-electron chi connectivity index (χ3n) is 4.81. The standard InChI is InChI=1S/C18H14FN5O2/c19-11-3-1-2-10-8-13(23-14(10)11)16-15-12(21-9-22-15)4-6-24(16)18(25)17-20-5-7-26-17/h1-3,5,7,9,16H,4,6,8H2,(H,21,22)/t16-/m1/s1. The van der Waals surface area contributed by atoms with Crippen molar-refractivity contribution in [1.82, 2.24) is 19.9 Å². The second-order valence-corrected chi connectivity index (χ2v) is 6.28. The fraction of sp³-hybridized carbons (Fsp3) is 0.222. The van der Waals surface area contributed by atoms with Crippen molar-refractivity contribution in [3.05, 3.63) is 65.6 Å². The number of H-pyrrole nitrogens is 1. The highest BCUT2D eigenvalue weighted by atomic mass is 19.1. The molecule has 8 heteroatoms. The van der Waals surface area contributed by atoms with Crippen LogP contribution in [0.1, 0.15) is 33.7 Å². The van der Waals surface area contributed by atoms with Crippen molar-refractivity contribution >= 4 is 17.3 Å². The first-order valence-electron chi connectivity index (χ1n) is 8.30. The fourth-order valence-electron chi connectivity index (χ4n) is 3.65. The number of amides is 1. The van der Waals surface area contributed by atoms with Crippen molar-refractivity contribution in [2.75, 3.05) is 6.54 Å². The molecule has 0 aliphatic carbocycles. The Labute approximate surface area is 147 Å². The van der Waals surface area contributed by atoms with Gasteiger partial charge in [0.15, 0.2) is 0 Å². The lowest BCUT2D eigenvalue weighted by atomic mass is 9.95. The van der Waals surface area contributed by atoms with E-state index in [9.17, 15) is 9.18 Å². The normalized spacial score (nSPS) is 18.4. The number of hydrogen-bond donors (Lipinski definition) is 1. The van der Waals surface area contributed by atoms with E-state index in [4.69, 9.17) is 4.42 Å². The molecule has 1 amide bonds. The molecule has 0 unspecified atom stereocenters. The molecule has 3 aromatic rings. The van der Waals surface area contributed by atoms with E-state index in [1.54, 1.807) is 17.3 Å². The molecule has 2 aliphatic heterocycles. The van der Waals surface area contributed by atoms with Crippen LogP contribution in [-0.4, -0.2) is 38.0 Å². The van der Waals surface area contributed by atoms with Crippen LogP contribution in [0.3, 0.4) is 0 Å². The number of hydrogen-bond acceptors (Lipinski definition) is 5. The number of fused-ring (bicyclic) bond motifs is 2. The lowest BCUT2D eigenvalue weighted by Gasteiger charge is -2.34. The van der Waals surface area contributed by atoms with E-state index < -0.39 is 6.04 Å². The number of aromatic amines is 1. The molecule has 0 saturated heterocycles. The monoisotopic (exact) mass is 351 g/mol. The van der Waals surface area contributed by atoms with E-state index in [-0.39, 0.29) is 17.6 Å². The van der Waals surface area contributed by atoms with Gasteiger partial charge in [-0.25, -0.2) is 14.4 Å². The summed E-state index contributed by atoms with van der Waals surface area (Å²) in [6, 6.07) is 4.44. The Morgan fingerprint density at radius 1 is 1.35 bits per heavy atom. The Hall–Kier alpha value is -3.29. The summed E-state index contributed by atoms with van der Waals surface area (Å²) in [5, 5.41) is 0. The number of carbonyl (C=O) groups excluding carboxylic acids is 1. The summed E-state index contributed by atoms with van der Waals surface area (Å²) in [7, 11) is 0. The van der Waals surface area contributed by atoms with Gasteiger partial charge in [0.25, 0.3) is 5.89 Å². The number of nitrogens with zero attached hydrogens (tertiary/aromatic N) is 4. The molecular weight excluding hydrogens is 337 g/mol. The number of aliphatic imine (C=N–C) groups is 1. The maximum atomic E-state index is 14.1. The summed E-state index contributed by atoms with van der Waals surface area (Å²) in [6.07, 6.45) is 5.53. The van der Waals surface area contributed by atoms with Crippen LogP contribution in [0.5, 0.6) is 0 Å². The van der Waals surface area contributed by atoms with Gasteiger partial charge in [-0.2, -0.15) is 0 Å². The lowest BCUT2D eigenvalue weighted by molar-refractivity contribution is 0.0668. The second-order valence-electron chi connectivity index (χ2n) is 6.28.